The molecule has 2 N–H and O–H groups in total. The number of hydrogen-bond donors (Lipinski definition) is 2. The average molecular weight is 443 g/mol. The Morgan fingerprint density at radius 1 is 1.03 bits per heavy atom. The second-order valence-corrected chi connectivity index (χ2v) is 13.5. The molecule has 182 valence electrons. The Balaban J connectivity index is 1.51. The average Bonchev–Trinajstić information content (AvgIpc) is 3.08. The largest absolute Gasteiger partial charge is 0.393 e. The SMILES string of the molecule is CC[C@@](C)(CC[C@@H](C)[C@H]1CC[C@H]2C3=CC=C4C[C@@H](O)CC[C@]4(C)C3CC[C@]12C)C(C)(C)O. The van der Waals surface area contributed by atoms with Crippen molar-refractivity contribution in [2.24, 2.45) is 39.9 Å². The first-order chi connectivity index (χ1) is 14.9. The van der Waals surface area contributed by atoms with E-state index in [0.717, 1.165) is 43.9 Å². The second-order valence-electron chi connectivity index (χ2n) is 13.5. The van der Waals surface area contributed by atoms with Crippen LogP contribution in [0.25, 0.3) is 0 Å². The predicted octanol–water partition coefficient (Wildman–Crippen LogP) is 7.45. The molecule has 0 aromatic carbocycles. The van der Waals surface area contributed by atoms with Crippen LogP contribution in [0.15, 0.2) is 23.3 Å². The summed E-state index contributed by atoms with van der Waals surface area (Å²) in [5.74, 6) is 2.94. The minimum Gasteiger partial charge on any atom is -0.393 e. The number of aliphatic hydroxyl groups excluding tert-OH is 1. The van der Waals surface area contributed by atoms with Gasteiger partial charge in [-0.1, -0.05) is 57.9 Å². The summed E-state index contributed by atoms with van der Waals surface area (Å²) < 4.78 is 0. The maximum absolute atomic E-state index is 10.8. The lowest BCUT2D eigenvalue weighted by Gasteiger charge is -2.55. The monoisotopic (exact) mass is 442 g/mol. The van der Waals surface area contributed by atoms with Crippen LogP contribution in [0.4, 0.5) is 0 Å². The molecule has 3 saturated carbocycles. The van der Waals surface area contributed by atoms with Crippen LogP contribution in [0.5, 0.6) is 0 Å². The van der Waals surface area contributed by atoms with Gasteiger partial charge in [-0.15, -0.1) is 0 Å². The topological polar surface area (TPSA) is 40.5 Å². The maximum Gasteiger partial charge on any atom is 0.0644 e. The Morgan fingerprint density at radius 2 is 1.75 bits per heavy atom. The molecule has 8 atom stereocenters. The zero-order valence-electron chi connectivity index (χ0n) is 22.0. The molecule has 4 aliphatic carbocycles. The lowest BCUT2D eigenvalue weighted by atomic mass is 9.50. The van der Waals surface area contributed by atoms with E-state index in [1.165, 1.54) is 37.7 Å². The van der Waals surface area contributed by atoms with E-state index in [9.17, 15) is 10.2 Å². The van der Waals surface area contributed by atoms with Crippen LogP contribution in [-0.2, 0) is 0 Å². The molecule has 0 aliphatic heterocycles. The van der Waals surface area contributed by atoms with Crippen molar-refractivity contribution in [1.82, 2.24) is 0 Å². The number of aliphatic hydroxyl groups is 2. The third kappa shape index (κ3) is 3.76. The fourth-order valence-corrected chi connectivity index (χ4v) is 8.62. The Bertz CT molecular complexity index is 772. The van der Waals surface area contributed by atoms with Gasteiger partial charge in [0, 0.05) is 0 Å². The van der Waals surface area contributed by atoms with Crippen LogP contribution in [0, 0.1) is 39.9 Å². The van der Waals surface area contributed by atoms with Crippen LogP contribution < -0.4 is 0 Å². The Morgan fingerprint density at radius 3 is 2.41 bits per heavy atom. The first-order valence-electron chi connectivity index (χ1n) is 13.7. The summed E-state index contributed by atoms with van der Waals surface area (Å²) in [5, 5.41) is 21.0. The molecular formula is C30H50O2. The molecule has 2 heteroatoms. The van der Waals surface area contributed by atoms with Gasteiger partial charge in [0.05, 0.1) is 11.7 Å². The summed E-state index contributed by atoms with van der Waals surface area (Å²) in [7, 11) is 0. The summed E-state index contributed by atoms with van der Waals surface area (Å²) in [6, 6.07) is 0. The lowest BCUT2D eigenvalue weighted by Crippen LogP contribution is -2.46. The van der Waals surface area contributed by atoms with Crippen molar-refractivity contribution in [3.63, 3.8) is 0 Å². The highest BCUT2D eigenvalue weighted by Gasteiger charge is 2.57. The van der Waals surface area contributed by atoms with Crippen molar-refractivity contribution in [3.05, 3.63) is 23.3 Å². The van der Waals surface area contributed by atoms with Gasteiger partial charge < -0.3 is 10.2 Å². The quantitative estimate of drug-likeness (QED) is 0.448. The minimum absolute atomic E-state index is 0.00887. The zero-order valence-corrected chi connectivity index (χ0v) is 22.0. The maximum atomic E-state index is 10.8. The molecule has 4 rings (SSSR count). The smallest absolute Gasteiger partial charge is 0.0644 e. The van der Waals surface area contributed by atoms with Crippen molar-refractivity contribution in [3.8, 4) is 0 Å². The van der Waals surface area contributed by atoms with Gasteiger partial charge in [0.1, 0.15) is 0 Å². The molecule has 0 spiro atoms. The molecule has 0 aromatic rings. The van der Waals surface area contributed by atoms with Gasteiger partial charge >= 0.3 is 0 Å². The molecule has 3 fully saturated rings. The Kier molecular flexibility index (Phi) is 6.33. The first-order valence-corrected chi connectivity index (χ1v) is 13.7. The second kappa shape index (κ2) is 8.26. The van der Waals surface area contributed by atoms with Crippen LogP contribution in [-0.4, -0.2) is 21.9 Å². The predicted molar refractivity (Wildman–Crippen MR) is 134 cm³/mol. The van der Waals surface area contributed by atoms with Crippen molar-refractivity contribution < 1.29 is 10.2 Å². The van der Waals surface area contributed by atoms with Crippen LogP contribution >= 0.6 is 0 Å². The van der Waals surface area contributed by atoms with Crippen LogP contribution in [0.3, 0.4) is 0 Å². The van der Waals surface area contributed by atoms with Gasteiger partial charge in [-0.2, -0.15) is 0 Å². The molecule has 0 bridgehead atoms. The molecule has 32 heavy (non-hydrogen) atoms. The normalized spacial score (nSPS) is 42.2. The molecule has 0 aromatic heterocycles. The van der Waals surface area contributed by atoms with Crippen molar-refractivity contribution in [1.29, 1.82) is 0 Å². The highest BCUT2D eigenvalue weighted by molar-refractivity contribution is 5.38. The first kappa shape index (κ1) is 24.5. The van der Waals surface area contributed by atoms with E-state index >= 15 is 0 Å². The van der Waals surface area contributed by atoms with Crippen molar-refractivity contribution in [2.75, 3.05) is 0 Å². The number of fused-ring (bicyclic) bond motifs is 5. The molecule has 0 saturated heterocycles. The lowest BCUT2D eigenvalue weighted by molar-refractivity contribution is -0.0579. The van der Waals surface area contributed by atoms with Crippen molar-refractivity contribution >= 4 is 0 Å². The minimum atomic E-state index is -0.623. The molecule has 2 nitrogen and oxygen atoms in total. The Hall–Kier alpha value is -0.600. The van der Waals surface area contributed by atoms with E-state index in [1.54, 1.807) is 5.57 Å². The van der Waals surface area contributed by atoms with Crippen LogP contribution in [0.1, 0.15) is 113 Å². The molecule has 4 aliphatic rings. The van der Waals surface area contributed by atoms with Gasteiger partial charge in [0.2, 0.25) is 0 Å². The fourth-order valence-electron chi connectivity index (χ4n) is 8.62. The van der Waals surface area contributed by atoms with E-state index in [-0.39, 0.29) is 16.9 Å². The molecule has 1 unspecified atom stereocenters. The summed E-state index contributed by atoms with van der Waals surface area (Å²) >= 11 is 0. The van der Waals surface area contributed by atoms with Crippen LogP contribution in [0.2, 0.25) is 0 Å². The van der Waals surface area contributed by atoms with Gasteiger partial charge in [0.25, 0.3) is 0 Å². The third-order valence-corrected chi connectivity index (χ3v) is 11.7. The van der Waals surface area contributed by atoms with E-state index < -0.39 is 5.60 Å². The van der Waals surface area contributed by atoms with Crippen molar-refractivity contribution in [2.45, 2.75) is 124 Å². The highest BCUT2D eigenvalue weighted by Crippen LogP contribution is 2.66. The van der Waals surface area contributed by atoms with E-state index in [1.807, 2.05) is 13.8 Å². The van der Waals surface area contributed by atoms with E-state index in [4.69, 9.17) is 0 Å². The van der Waals surface area contributed by atoms with E-state index in [2.05, 4.69) is 46.8 Å². The summed E-state index contributed by atoms with van der Waals surface area (Å²) in [4.78, 5) is 0. The number of allylic oxidation sites excluding steroid dienone is 3. The molecule has 0 amide bonds. The van der Waals surface area contributed by atoms with Gasteiger partial charge in [-0.3, -0.25) is 0 Å². The van der Waals surface area contributed by atoms with Gasteiger partial charge in [-0.05, 0) is 118 Å². The summed E-state index contributed by atoms with van der Waals surface area (Å²) in [6.07, 6.45) is 16.5. The van der Waals surface area contributed by atoms with Gasteiger partial charge in [0.15, 0.2) is 0 Å². The highest BCUT2D eigenvalue weighted by atomic mass is 16.3. The molecule has 0 radical (unpaired) electrons. The Labute approximate surface area is 198 Å². The fraction of sp³-hybridized carbons (Fsp3) is 0.867. The molecule has 0 heterocycles. The summed E-state index contributed by atoms with van der Waals surface area (Å²) in [5.41, 5.74) is 3.35. The summed E-state index contributed by atoms with van der Waals surface area (Å²) in [6.45, 7) is 16.1. The van der Waals surface area contributed by atoms with Gasteiger partial charge in [-0.25, -0.2) is 0 Å². The van der Waals surface area contributed by atoms with E-state index in [0.29, 0.717) is 17.3 Å². The number of hydrogen-bond acceptors (Lipinski definition) is 2. The zero-order chi connectivity index (χ0) is 23.5. The number of rotatable bonds is 6. The third-order valence-electron chi connectivity index (χ3n) is 11.7. The standard InChI is InChI=1S/C30H50O2/c1-8-28(5,27(3,4)32)16-13-20(2)24-11-12-25-23-10-9-21-19-22(31)14-17-29(21,6)26(23)15-18-30(24,25)7/h9-10,20,22,24-26,31-32H,8,11-19H2,1-7H3/t20-,22+,24-,25+,26?,28+,29+,30-/m1/s1. The molecular weight excluding hydrogens is 392 g/mol.